The van der Waals surface area contributed by atoms with Crippen molar-refractivity contribution in [1.82, 2.24) is 0 Å². The van der Waals surface area contributed by atoms with Gasteiger partial charge in [-0.3, -0.25) is 14.1 Å². The molecule has 2 N–H and O–H groups in total. The zero-order chi connectivity index (χ0) is 41.5. The monoisotopic (exact) mass is 825 g/mol. The Kier molecular flexibility index (Phi) is 35.9. The smallest absolute Gasteiger partial charge is 0.462 e. The van der Waals surface area contributed by atoms with Gasteiger partial charge in [-0.1, -0.05) is 192 Å². The van der Waals surface area contributed by atoms with Gasteiger partial charge in [0.25, 0.3) is 0 Å². The fourth-order valence-electron chi connectivity index (χ4n) is 6.94. The highest BCUT2D eigenvalue weighted by molar-refractivity contribution is 7.46. The normalized spacial score (nSPS) is 16.3. The lowest BCUT2D eigenvalue weighted by atomic mass is 10.0. The van der Waals surface area contributed by atoms with Crippen LogP contribution in [-0.2, 0) is 32.9 Å². The van der Waals surface area contributed by atoms with Crippen molar-refractivity contribution >= 4 is 19.8 Å². The molecule has 3 atom stereocenters. The van der Waals surface area contributed by atoms with Crippen LogP contribution in [0.4, 0.5) is 0 Å². The topological polar surface area (TPSA) is 132 Å². The van der Waals surface area contributed by atoms with E-state index in [4.69, 9.17) is 24.0 Å². The highest BCUT2D eigenvalue weighted by Crippen LogP contribution is 2.36. The zero-order valence-corrected chi connectivity index (χ0v) is 37.3. The van der Waals surface area contributed by atoms with E-state index in [1.54, 1.807) is 0 Å². The third-order valence-electron chi connectivity index (χ3n) is 10.6. The molecule has 1 saturated heterocycles. The van der Waals surface area contributed by atoms with Gasteiger partial charge in [-0.2, -0.15) is 0 Å². The largest absolute Gasteiger partial charge is 0.469 e. The first-order valence-corrected chi connectivity index (χ1v) is 24.9. The van der Waals surface area contributed by atoms with Crippen molar-refractivity contribution in [3.63, 3.8) is 0 Å². The molecule has 1 heterocycles. The lowest BCUT2D eigenvalue weighted by Crippen LogP contribution is -2.29. The van der Waals surface area contributed by atoms with E-state index in [1.807, 2.05) is 6.08 Å². The van der Waals surface area contributed by atoms with Gasteiger partial charge in [-0.05, 0) is 51.4 Å². The first kappa shape index (κ1) is 53.2. The number of carbonyl (C=O) groups is 2. The molecular weight excluding hydrogens is 739 g/mol. The molecule has 0 aromatic rings. The molecule has 9 nitrogen and oxygen atoms in total. The minimum Gasteiger partial charge on any atom is -0.462 e. The molecule has 332 valence electrons. The van der Waals surface area contributed by atoms with Crippen molar-refractivity contribution in [2.24, 2.45) is 0 Å². The van der Waals surface area contributed by atoms with Crippen molar-refractivity contribution in [1.29, 1.82) is 0 Å². The molecule has 1 aliphatic rings. The highest BCUT2D eigenvalue weighted by Gasteiger charge is 2.36. The second-order valence-corrected chi connectivity index (χ2v) is 17.4. The van der Waals surface area contributed by atoms with Crippen molar-refractivity contribution in [3.8, 4) is 0 Å². The maximum Gasteiger partial charge on any atom is 0.469 e. The van der Waals surface area contributed by atoms with Crippen LogP contribution >= 0.6 is 7.82 Å². The van der Waals surface area contributed by atoms with Gasteiger partial charge in [-0.15, -0.1) is 0 Å². The van der Waals surface area contributed by atoms with Gasteiger partial charge >= 0.3 is 19.8 Å². The minimum atomic E-state index is -4.77. The van der Waals surface area contributed by atoms with E-state index >= 15 is 0 Å². The average molecular weight is 825 g/mol. The number of hydrogen-bond acceptors (Lipinski definition) is 7. The van der Waals surface area contributed by atoms with E-state index in [-0.39, 0.29) is 19.4 Å². The number of hydrogen-bond donors (Lipinski definition) is 2. The van der Waals surface area contributed by atoms with Crippen LogP contribution in [0.15, 0.2) is 36.5 Å². The molecule has 0 saturated carbocycles. The second-order valence-electron chi connectivity index (χ2n) is 16.1. The molecule has 0 aromatic carbocycles. The fourth-order valence-corrected chi connectivity index (χ4v) is 7.30. The van der Waals surface area contributed by atoms with E-state index in [0.29, 0.717) is 25.0 Å². The average Bonchev–Trinajstić information content (AvgIpc) is 3.94. The highest BCUT2D eigenvalue weighted by atomic mass is 31.2. The minimum absolute atomic E-state index is 0.132. The molecule has 2 unspecified atom stereocenters. The van der Waals surface area contributed by atoms with E-state index in [1.165, 1.54) is 135 Å². The van der Waals surface area contributed by atoms with E-state index in [0.717, 1.165) is 44.9 Å². The summed E-state index contributed by atoms with van der Waals surface area (Å²) in [5.74, 6) is -0.947. The van der Waals surface area contributed by atoms with Crippen molar-refractivity contribution < 1.29 is 42.7 Å². The summed E-state index contributed by atoms with van der Waals surface area (Å²) in [5.41, 5.74) is 0. The predicted molar refractivity (Wildman–Crippen MR) is 234 cm³/mol. The summed E-state index contributed by atoms with van der Waals surface area (Å²) >= 11 is 0. The standard InChI is InChI=1S/C47H85O9P/c1-3-5-7-9-11-12-13-14-15-16-17-18-19-20-21-22-23-24-27-31-35-39-46(48)53-41-43(42-54-57(50,51)52)55-47(49)40-36-32-28-25-26-30-34-38-45-44(56-45)37-33-29-10-8-6-4-2/h25,28-30,33-34,43-45H,3-24,26-27,31-32,35-42H2,1-2H3,(H2,50,51,52)/b28-25-,33-29-,34-30-/t43-,44?,45?/m1/s1. The Morgan fingerprint density at radius 2 is 0.965 bits per heavy atom. The molecule has 0 bridgehead atoms. The summed E-state index contributed by atoms with van der Waals surface area (Å²) in [5, 5.41) is 0. The van der Waals surface area contributed by atoms with Crippen LogP contribution in [0, 0.1) is 0 Å². The maximum absolute atomic E-state index is 12.4. The van der Waals surface area contributed by atoms with E-state index in [9.17, 15) is 14.2 Å². The number of rotatable bonds is 42. The molecule has 0 amide bonds. The summed E-state index contributed by atoms with van der Waals surface area (Å²) in [6, 6.07) is 0. The predicted octanol–water partition coefficient (Wildman–Crippen LogP) is 13.5. The van der Waals surface area contributed by atoms with Gasteiger partial charge < -0.3 is 24.0 Å². The summed E-state index contributed by atoms with van der Waals surface area (Å²) in [7, 11) is -4.77. The van der Waals surface area contributed by atoms with Gasteiger partial charge in [0.1, 0.15) is 6.61 Å². The Hall–Kier alpha value is -1.77. The molecule has 1 fully saturated rings. The molecule has 0 aromatic heterocycles. The van der Waals surface area contributed by atoms with E-state index < -0.39 is 32.5 Å². The van der Waals surface area contributed by atoms with Crippen molar-refractivity contribution in [2.75, 3.05) is 13.2 Å². The molecule has 0 radical (unpaired) electrons. The number of phosphoric ester groups is 1. The Balaban J connectivity index is 2.04. The first-order chi connectivity index (χ1) is 27.7. The Bertz CT molecular complexity index is 1080. The lowest BCUT2D eigenvalue weighted by Gasteiger charge is -2.18. The first-order valence-electron chi connectivity index (χ1n) is 23.4. The summed E-state index contributed by atoms with van der Waals surface area (Å²) < 4.78 is 32.2. The van der Waals surface area contributed by atoms with Crippen molar-refractivity contribution in [2.45, 2.75) is 238 Å². The van der Waals surface area contributed by atoms with Crippen LogP contribution in [-0.4, -0.2) is 53.3 Å². The van der Waals surface area contributed by atoms with E-state index in [2.05, 4.69) is 48.8 Å². The maximum atomic E-state index is 12.4. The molecule has 0 aliphatic carbocycles. The zero-order valence-electron chi connectivity index (χ0n) is 36.4. The Morgan fingerprint density at radius 1 is 0.544 bits per heavy atom. The van der Waals surface area contributed by atoms with Crippen LogP contribution < -0.4 is 0 Å². The number of allylic oxidation sites excluding steroid dienone is 4. The number of phosphoric acid groups is 1. The molecule has 57 heavy (non-hydrogen) atoms. The van der Waals surface area contributed by atoms with Gasteiger partial charge in [0.2, 0.25) is 0 Å². The van der Waals surface area contributed by atoms with Crippen LogP contribution in [0.2, 0.25) is 0 Å². The molecule has 10 heteroatoms. The van der Waals surface area contributed by atoms with Gasteiger partial charge in [0, 0.05) is 12.8 Å². The van der Waals surface area contributed by atoms with Crippen LogP contribution in [0.3, 0.4) is 0 Å². The number of unbranched alkanes of at least 4 members (excludes halogenated alkanes) is 24. The second kappa shape index (κ2) is 38.4. The fraction of sp³-hybridized carbons (Fsp3) is 0.830. The van der Waals surface area contributed by atoms with Crippen LogP contribution in [0.1, 0.15) is 219 Å². The number of esters is 2. The Morgan fingerprint density at radius 3 is 1.49 bits per heavy atom. The third-order valence-corrected chi connectivity index (χ3v) is 11.0. The van der Waals surface area contributed by atoms with Crippen LogP contribution in [0.5, 0.6) is 0 Å². The number of carbonyl (C=O) groups excluding carboxylic acids is 2. The number of ether oxygens (including phenoxy) is 3. The quantitative estimate of drug-likeness (QED) is 0.0203. The molecule has 1 rings (SSSR count). The lowest BCUT2D eigenvalue weighted by molar-refractivity contribution is -0.161. The molecular formula is C47H85O9P. The molecule has 0 spiro atoms. The van der Waals surface area contributed by atoms with Gasteiger partial charge in [0.05, 0.1) is 18.8 Å². The summed E-state index contributed by atoms with van der Waals surface area (Å²) in [6.07, 6.45) is 49.1. The van der Waals surface area contributed by atoms with Crippen molar-refractivity contribution in [3.05, 3.63) is 36.5 Å². The van der Waals surface area contributed by atoms with Gasteiger partial charge in [0.15, 0.2) is 6.10 Å². The Labute approximate surface area is 348 Å². The third kappa shape index (κ3) is 38.2. The number of epoxide rings is 1. The van der Waals surface area contributed by atoms with Crippen LogP contribution in [0.25, 0.3) is 0 Å². The molecule has 1 aliphatic heterocycles. The van der Waals surface area contributed by atoms with Gasteiger partial charge in [-0.25, -0.2) is 4.57 Å². The SMILES string of the molecule is CCCCC/C=C\CC1OC1C/C=C\C/C=C\CCCC(=O)O[C@H](COC(=O)CCCCCCCCCCCCCCCCCCCCCCC)COP(=O)(O)O. The summed E-state index contributed by atoms with van der Waals surface area (Å²) in [6.45, 7) is 3.63. The summed E-state index contributed by atoms with van der Waals surface area (Å²) in [4.78, 5) is 43.0.